The molecule has 4 atom stereocenters. The maximum Gasteiger partial charge on any atom is 0.326 e. The third-order valence-electron chi connectivity index (χ3n) is 6.72. The lowest BCUT2D eigenvalue weighted by Crippen LogP contribution is -2.58. The summed E-state index contributed by atoms with van der Waals surface area (Å²) in [5.41, 5.74) is 13.0. The van der Waals surface area contributed by atoms with Crippen molar-refractivity contribution < 1.29 is 34.2 Å². The molecule has 4 amide bonds. The molecule has 0 saturated heterocycles. The number of para-hydroxylation sites is 1. The van der Waals surface area contributed by atoms with Crippen molar-refractivity contribution in [2.24, 2.45) is 11.5 Å². The number of carbonyl (C=O) groups excluding carboxylic acids is 4. The lowest BCUT2D eigenvalue weighted by atomic mass is 10.0. The summed E-state index contributed by atoms with van der Waals surface area (Å²) in [6.07, 6.45) is 3.23. The van der Waals surface area contributed by atoms with Crippen LogP contribution in [-0.4, -0.2) is 81.0 Å². The maximum atomic E-state index is 13.5. The molecule has 14 heteroatoms. The Morgan fingerprint density at radius 2 is 1.51 bits per heavy atom. The molecule has 4 unspecified atom stereocenters. The van der Waals surface area contributed by atoms with Crippen LogP contribution in [0.15, 0.2) is 54.7 Å². The molecule has 43 heavy (non-hydrogen) atoms. The molecule has 1 heterocycles. The molecule has 0 fully saturated rings. The number of hydrogen-bond donors (Lipinski definition) is 8. The van der Waals surface area contributed by atoms with Gasteiger partial charge in [0, 0.05) is 29.9 Å². The Morgan fingerprint density at radius 1 is 0.884 bits per heavy atom. The number of aromatic amines is 1. The SMILES string of the molecule is CSCCC(NC(=O)C(Cc1ccc(O)cc1)NC(=O)C(N)CC(N)=O)C(=O)NC(Cc1c[nH]c2ccccc12)C(=O)O. The fourth-order valence-electron chi connectivity index (χ4n) is 4.43. The Bertz CT molecular complexity index is 1440. The van der Waals surface area contributed by atoms with Crippen molar-refractivity contribution in [2.45, 2.75) is 49.9 Å². The van der Waals surface area contributed by atoms with E-state index in [9.17, 15) is 34.2 Å². The molecule has 0 aliphatic carbocycles. The number of amides is 4. The van der Waals surface area contributed by atoms with Crippen LogP contribution in [0.25, 0.3) is 10.9 Å². The highest BCUT2D eigenvalue weighted by molar-refractivity contribution is 7.98. The Balaban J connectivity index is 1.78. The Hall–Kier alpha value is -4.56. The summed E-state index contributed by atoms with van der Waals surface area (Å²) in [6, 6.07) is 8.41. The second-order valence-corrected chi connectivity index (χ2v) is 11.0. The first kappa shape index (κ1) is 32.9. The van der Waals surface area contributed by atoms with Crippen LogP contribution >= 0.6 is 11.8 Å². The Morgan fingerprint density at radius 3 is 2.16 bits per heavy atom. The number of benzene rings is 2. The van der Waals surface area contributed by atoms with E-state index in [1.165, 1.54) is 23.9 Å². The summed E-state index contributed by atoms with van der Waals surface area (Å²) in [5, 5.41) is 28.0. The first-order valence-corrected chi connectivity index (χ1v) is 14.9. The number of carboxylic acids is 1. The number of phenols is 1. The van der Waals surface area contributed by atoms with Gasteiger partial charge in [-0.1, -0.05) is 30.3 Å². The molecule has 0 aliphatic rings. The Labute approximate surface area is 252 Å². The minimum atomic E-state index is -1.30. The predicted octanol–water partition coefficient (Wildman–Crippen LogP) is 0.154. The molecule has 0 aliphatic heterocycles. The second kappa shape index (κ2) is 15.6. The molecule has 13 nitrogen and oxygen atoms in total. The van der Waals surface area contributed by atoms with Crippen LogP contribution in [0.2, 0.25) is 0 Å². The summed E-state index contributed by atoms with van der Waals surface area (Å²) in [6.45, 7) is 0. The highest BCUT2D eigenvalue weighted by Crippen LogP contribution is 2.19. The molecule has 3 aromatic rings. The van der Waals surface area contributed by atoms with E-state index in [0.717, 1.165) is 10.9 Å². The molecule has 0 radical (unpaired) electrons. The summed E-state index contributed by atoms with van der Waals surface area (Å²) in [5.74, 6) is -3.78. The summed E-state index contributed by atoms with van der Waals surface area (Å²) >= 11 is 1.43. The van der Waals surface area contributed by atoms with Gasteiger partial charge in [-0.05, 0) is 47.8 Å². The number of aliphatic carboxylic acids is 1. The largest absolute Gasteiger partial charge is 0.508 e. The van der Waals surface area contributed by atoms with Gasteiger partial charge in [0.05, 0.1) is 12.5 Å². The van der Waals surface area contributed by atoms with Gasteiger partial charge >= 0.3 is 5.97 Å². The van der Waals surface area contributed by atoms with E-state index in [4.69, 9.17) is 11.5 Å². The van der Waals surface area contributed by atoms with Gasteiger partial charge in [-0.25, -0.2) is 4.79 Å². The quantitative estimate of drug-likeness (QED) is 0.110. The number of phenolic OH excluding ortho intramolecular Hbond substituents is 1. The van der Waals surface area contributed by atoms with Gasteiger partial charge in [-0.2, -0.15) is 11.8 Å². The van der Waals surface area contributed by atoms with Gasteiger partial charge in [0.25, 0.3) is 0 Å². The van der Waals surface area contributed by atoms with Gasteiger partial charge in [0.2, 0.25) is 23.6 Å². The van der Waals surface area contributed by atoms with Gasteiger partial charge in [-0.3, -0.25) is 19.2 Å². The van der Waals surface area contributed by atoms with E-state index < -0.39 is 60.2 Å². The van der Waals surface area contributed by atoms with Crippen molar-refractivity contribution in [1.82, 2.24) is 20.9 Å². The van der Waals surface area contributed by atoms with Gasteiger partial charge in [0.15, 0.2) is 0 Å². The minimum Gasteiger partial charge on any atom is -0.508 e. The lowest BCUT2D eigenvalue weighted by molar-refractivity contribution is -0.142. The van der Waals surface area contributed by atoms with Crippen molar-refractivity contribution >= 4 is 52.3 Å². The van der Waals surface area contributed by atoms with Crippen molar-refractivity contribution in [3.63, 3.8) is 0 Å². The Kier molecular flexibility index (Phi) is 12.0. The lowest BCUT2D eigenvalue weighted by Gasteiger charge is -2.25. The van der Waals surface area contributed by atoms with Gasteiger partial charge < -0.3 is 42.6 Å². The van der Waals surface area contributed by atoms with E-state index in [1.807, 2.05) is 30.5 Å². The smallest absolute Gasteiger partial charge is 0.326 e. The van der Waals surface area contributed by atoms with Crippen molar-refractivity contribution in [3.8, 4) is 5.75 Å². The molecular formula is C29H36N6O7S. The van der Waals surface area contributed by atoms with Crippen molar-refractivity contribution in [3.05, 3.63) is 65.9 Å². The normalized spacial score (nSPS) is 13.8. The van der Waals surface area contributed by atoms with E-state index in [0.29, 0.717) is 16.9 Å². The average molecular weight is 613 g/mol. The van der Waals surface area contributed by atoms with Crippen molar-refractivity contribution in [2.75, 3.05) is 12.0 Å². The number of primary amides is 1. The summed E-state index contributed by atoms with van der Waals surface area (Å²) in [7, 11) is 0. The zero-order chi connectivity index (χ0) is 31.5. The molecule has 230 valence electrons. The zero-order valence-electron chi connectivity index (χ0n) is 23.5. The number of nitrogens with one attached hydrogen (secondary N) is 4. The number of rotatable bonds is 16. The van der Waals surface area contributed by atoms with Crippen LogP contribution in [0, 0.1) is 0 Å². The number of H-pyrrole nitrogens is 1. The second-order valence-electron chi connectivity index (χ2n) is 10.0. The molecule has 0 saturated carbocycles. The fourth-order valence-corrected chi connectivity index (χ4v) is 4.91. The number of fused-ring (bicyclic) bond motifs is 1. The maximum absolute atomic E-state index is 13.5. The van der Waals surface area contributed by atoms with Gasteiger partial charge in [-0.15, -0.1) is 0 Å². The number of carbonyl (C=O) groups is 5. The van der Waals surface area contributed by atoms with Crippen LogP contribution < -0.4 is 27.4 Å². The van der Waals surface area contributed by atoms with Crippen LogP contribution in [0.4, 0.5) is 0 Å². The standard InChI is InChI=1S/C29H36N6O7S/c1-43-11-10-22(27(39)35-24(29(41)42)13-17-15-32-21-5-3-2-4-19(17)21)33-28(40)23(12-16-6-8-18(36)9-7-16)34-26(38)20(30)14-25(31)37/h2-9,15,20,22-24,32,36H,10-14,30H2,1H3,(H2,31,37)(H,33,40)(H,34,38)(H,35,39)(H,41,42). The third kappa shape index (κ3) is 9.75. The van der Waals surface area contributed by atoms with E-state index >= 15 is 0 Å². The average Bonchev–Trinajstić information content (AvgIpc) is 3.37. The number of hydrogen-bond acceptors (Lipinski definition) is 8. The first-order valence-electron chi connectivity index (χ1n) is 13.5. The van der Waals surface area contributed by atoms with Crippen LogP contribution in [0.1, 0.15) is 24.0 Å². The van der Waals surface area contributed by atoms with Crippen molar-refractivity contribution in [1.29, 1.82) is 0 Å². The van der Waals surface area contributed by atoms with E-state index in [-0.39, 0.29) is 25.0 Å². The highest BCUT2D eigenvalue weighted by Gasteiger charge is 2.31. The third-order valence-corrected chi connectivity index (χ3v) is 7.37. The molecule has 1 aromatic heterocycles. The van der Waals surface area contributed by atoms with Gasteiger partial charge in [0.1, 0.15) is 23.9 Å². The highest BCUT2D eigenvalue weighted by atomic mass is 32.2. The molecule has 2 aromatic carbocycles. The van der Waals surface area contributed by atoms with Crippen LogP contribution in [0.3, 0.4) is 0 Å². The zero-order valence-corrected chi connectivity index (χ0v) is 24.4. The molecule has 3 rings (SSSR count). The summed E-state index contributed by atoms with van der Waals surface area (Å²) < 4.78 is 0. The van der Waals surface area contributed by atoms with Crippen LogP contribution in [0.5, 0.6) is 5.75 Å². The number of carboxylic acid groups (broad SMARTS) is 1. The number of aromatic hydroxyl groups is 1. The summed E-state index contributed by atoms with van der Waals surface area (Å²) in [4.78, 5) is 66.0. The molecule has 0 spiro atoms. The first-order chi connectivity index (χ1) is 20.5. The predicted molar refractivity (Wildman–Crippen MR) is 162 cm³/mol. The van der Waals surface area contributed by atoms with Crippen LogP contribution in [-0.2, 0) is 36.8 Å². The monoisotopic (exact) mass is 612 g/mol. The number of nitrogens with two attached hydrogens (primary N) is 2. The topological polar surface area (TPSA) is 230 Å². The minimum absolute atomic E-state index is 0.00552. The van der Waals surface area contributed by atoms with E-state index in [1.54, 1.807) is 18.3 Å². The molecule has 10 N–H and O–H groups in total. The molecule has 0 bridgehead atoms. The molecular weight excluding hydrogens is 576 g/mol. The fraction of sp³-hybridized carbons (Fsp3) is 0.345. The number of thioether (sulfide) groups is 1. The number of aromatic nitrogens is 1. The van der Waals surface area contributed by atoms with E-state index in [2.05, 4.69) is 20.9 Å².